The molecule has 0 unspecified atom stereocenters. The number of carbonyl (C=O) groups is 1. The van der Waals surface area contributed by atoms with E-state index in [1.165, 1.54) is 4.31 Å². The molecule has 0 spiro atoms. The first-order valence-corrected chi connectivity index (χ1v) is 10.5. The van der Waals surface area contributed by atoms with Crippen molar-refractivity contribution >= 4 is 21.6 Å². The maximum Gasteiger partial charge on any atom is 0.265 e. The third-order valence-electron chi connectivity index (χ3n) is 4.88. The van der Waals surface area contributed by atoms with Gasteiger partial charge >= 0.3 is 0 Å². The second kappa shape index (κ2) is 7.13. The summed E-state index contributed by atoms with van der Waals surface area (Å²) in [6.45, 7) is 1.60. The Labute approximate surface area is 164 Å². The number of rotatable bonds is 4. The van der Waals surface area contributed by atoms with Gasteiger partial charge in [0.05, 0.1) is 16.6 Å². The van der Waals surface area contributed by atoms with E-state index < -0.39 is 10.0 Å². The van der Waals surface area contributed by atoms with E-state index >= 15 is 0 Å². The molecule has 0 bridgehead atoms. The fourth-order valence-electron chi connectivity index (χ4n) is 3.49. The summed E-state index contributed by atoms with van der Waals surface area (Å²) in [6, 6.07) is 23.5. The van der Waals surface area contributed by atoms with E-state index in [1.54, 1.807) is 30.3 Å². The van der Waals surface area contributed by atoms with Crippen LogP contribution in [0.3, 0.4) is 0 Å². The van der Waals surface area contributed by atoms with Gasteiger partial charge in [0.25, 0.3) is 10.0 Å². The standard InChI is InChI=1S/C22H20N2O3S/c1-16(17-9-3-2-4-10-17)23-22(25)15-24-20-13-7-5-11-18(20)19-12-6-8-14-21(19)28(24,26)27/h2-14,16H,15H2,1H3,(H,23,25)/t16-/m0/s1. The topological polar surface area (TPSA) is 66.5 Å². The summed E-state index contributed by atoms with van der Waals surface area (Å²) in [5, 5.41) is 2.89. The summed E-state index contributed by atoms with van der Waals surface area (Å²) in [4.78, 5) is 12.9. The quantitative estimate of drug-likeness (QED) is 0.736. The number of sulfonamides is 1. The van der Waals surface area contributed by atoms with E-state index in [1.807, 2.05) is 55.5 Å². The molecule has 0 aromatic heterocycles. The van der Waals surface area contributed by atoms with Gasteiger partial charge in [-0.2, -0.15) is 0 Å². The van der Waals surface area contributed by atoms with Crippen molar-refractivity contribution < 1.29 is 13.2 Å². The fraction of sp³-hybridized carbons (Fsp3) is 0.136. The Kier molecular flexibility index (Phi) is 4.65. The molecule has 1 aliphatic rings. The first kappa shape index (κ1) is 18.3. The Morgan fingerprint density at radius 3 is 2.25 bits per heavy atom. The number of para-hydroxylation sites is 1. The molecular weight excluding hydrogens is 372 g/mol. The Bertz CT molecular complexity index is 1130. The van der Waals surface area contributed by atoms with Crippen molar-refractivity contribution in [1.82, 2.24) is 5.32 Å². The molecular formula is C22H20N2O3S. The lowest BCUT2D eigenvalue weighted by Gasteiger charge is -2.31. The molecule has 1 aliphatic heterocycles. The lowest BCUT2D eigenvalue weighted by molar-refractivity contribution is -0.120. The fourth-order valence-corrected chi connectivity index (χ4v) is 5.14. The Morgan fingerprint density at radius 2 is 1.50 bits per heavy atom. The Morgan fingerprint density at radius 1 is 0.893 bits per heavy atom. The van der Waals surface area contributed by atoms with E-state index in [9.17, 15) is 13.2 Å². The summed E-state index contributed by atoms with van der Waals surface area (Å²) in [7, 11) is -3.82. The summed E-state index contributed by atoms with van der Waals surface area (Å²) in [5.74, 6) is -0.353. The molecule has 0 radical (unpaired) electrons. The third-order valence-corrected chi connectivity index (χ3v) is 6.70. The molecule has 4 rings (SSSR count). The number of benzene rings is 3. The van der Waals surface area contributed by atoms with Crippen molar-refractivity contribution in [3.8, 4) is 11.1 Å². The third kappa shape index (κ3) is 3.16. The number of hydrogen-bond donors (Lipinski definition) is 1. The van der Waals surface area contributed by atoms with Crippen molar-refractivity contribution in [3.63, 3.8) is 0 Å². The molecule has 0 aliphatic carbocycles. The number of nitrogens with zero attached hydrogens (tertiary/aromatic N) is 1. The first-order valence-electron chi connectivity index (χ1n) is 9.04. The highest BCUT2D eigenvalue weighted by Crippen LogP contribution is 2.42. The van der Waals surface area contributed by atoms with Gasteiger partial charge in [0.2, 0.25) is 5.91 Å². The van der Waals surface area contributed by atoms with E-state index in [0.29, 0.717) is 11.3 Å². The predicted molar refractivity (Wildman–Crippen MR) is 109 cm³/mol. The highest BCUT2D eigenvalue weighted by molar-refractivity contribution is 7.93. The molecule has 1 heterocycles. The first-order chi connectivity index (χ1) is 13.5. The SMILES string of the molecule is C[C@H](NC(=O)CN1c2ccccc2-c2ccccc2S1(=O)=O)c1ccccc1. The summed E-state index contributed by atoms with van der Waals surface area (Å²) in [5.41, 5.74) is 2.94. The monoisotopic (exact) mass is 392 g/mol. The van der Waals surface area contributed by atoms with Crippen LogP contribution in [0, 0.1) is 0 Å². The van der Waals surface area contributed by atoms with Crippen LogP contribution < -0.4 is 9.62 Å². The minimum absolute atomic E-state index is 0.219. The Balaban J connectivity index is 1.65. The van der Waals surface area contributed by atoms with Crippen molar-refractivity contribution in [2.75, 3.05) is 10.8 Å². The van der Waals surface area contributed by atoms with Gasteiger partial charge in [-0.3, -0.25) is 9.10 Å². The van der Waals surface area contributed by atoms with Crippen LogP contribution in [0.4, 0.5) is 5.69 Å². The normalized spacial score (nSPS) is 15.2. The maximum absolute atomic E-state index is 13.2. The van der Waals surface area contributed by atoms with Crippen molar-refractivity contribution in [3.05, 3.63) is 84.4 Å². The number of carbonyl (C=O) groups excluding carboxylic acids is 1. The van der Waals surface area contributed by atoms with Crippen LogP contribution in [0.5, 0.6) is 0 Å². The van der Waals surface area contributed by atoms with Gasteiger partial charge in [0, 0.05) is 11.1 Å². The molecule has 1 atom stereocenters. The smallest absolute Gasteiger partial charge is 0.265 e. The van der Waals surface area contributed by atoms with Gasteiger partial charge in [0.15, 0.2) is 0 Å². The summed E-state index contributed by atoms with van der Waals surface area (Å²) >= 11 is 0. The molecule has 5 nitrogen and oxygen atoms in total. The number of nitrogens with one attached hydrogen (secondary N) is 1. The minimum atomic E-state index is -3.82. The zero-order chi connectivity index (χ0) is 19.7. The predicted octanol–water partition coefficient (Wildman–Crippen LogP) is 3.74. The Hall–Kier alpha value is -3.12. The molecule has 1 amide bonds. The van der Waals surface area contributed by atoms with E-state index in [0.717, 1.165) is 11.1 Å². The van der Waals surface area contributed by atoms with Crippen LogP contribution in [0.15, 0.2) is 83.8 Å². The number of hydrogen-bond acceptors (Lipinski definition) is 3. The molecule has 3 aromatic carbocycles. The highest BCUT2D eigenvalue weighted by atomic mass is 32.2. The lowest BCUT2D eigenvalue weighted by atomic mass is 10.0. The maximum atomic E-state index is 13.2. The molecule has 0 saturated carbocycles. The molecule has 142 valence electrons. The summed E-state index contributed by atoms with van der Waals surface area (Å²) < 4.78 is 27.6. The zero-order valence-electron chi connectivity index (χ0n) is 15.4. The van der Waals surface area contributed by atoms with Crippen LogP contribution in [-0.2, 0) is 14.8 Å². The number of anilines is 1. The molecule has 1 N–H and O–H groups in total. The minimum Gasteiger partial charge on any atom is -0.348 e. The van der Waals surface area contributed by atoms with Gasteiger partial charge in [-0.15, -0.1) is 0 Å². The van der Waals surface area contributed by atoms with Crippen LogP contribution in [0.25, 0.3) is 11.1 Å². The molecule has 6 heteroatoms. The van der Waals surface area contributed by atoms with E-state index in [2.05, 4.69) is 5.32 Å². The van der Waals surface area contributed by atoms with Crippen LogP contribution in [-0.4, -0.2) is 20.9 Å². The highest BCUT2D eigenvalue weighted by Gasteiger charge is 2.35. The van der Waals surface area contributed by atoms with Crippen LogP contribution >= 0.6 is 0 Å². The van der Waals surface area contributed by atoms with Gasteiger partial charge in [-0.1, -0.05) is 66.7 Å². The number of fused-ring (bicyclic) bond motifs is 3. The summed E-state index contributed by atoms with van der Waals surface area (Å²) in [6.07, 6.45) is 0. The second-order valence-electron chi connectivity index (χ2n) is 6.72. The molecule has 3 aromatic rings. The van der Waals surface area contributed by atoms with Gasteiger partial charge in [0.1, 0.15) is 6.54 Å². The molecule has 0 fully saturated rings. The van der Waals surface area contributed by atoms with Crippen LogP contribution in [0.2, 0.25) is 0 Å². The van der Waals surface area contributed by atoms with Gasteiger partial charge in [-0.05, 0) is 24.6 Å². The largest absolute Gasteiger partial charge is 0.348 e. The van der Waals surface area contributed by atoms with Crippen molar-refractivity contribution in [2.45, 2.75) is 17.9 Å². The van der Waals surface area contributed by atoms with Crippen molar-refractivity contribution in [2.24, 2.45) is 0 Å². The van der Waals surface area contributed by atoms with Crippen LogP contribution in [0.1, 0.15) is 18.5 Å². The van der Waals surface area contributed by atoms with E-state index in [-0.39, 0.29) is 23.4 Å². The molecule has 28 heavy (non-hydrogen) atoms. The van der Waals surface area contributed by atoms with Gasteiger partial charge in [-0.25, -0.2) is 8.42 Å². The molecule has 0 saturated heterocycles. The second-order valence-corrected chi connectivity index (χ2v) is 8.56. The average Bonchev–Trinajstić information content (AvgIpc) is 2.72. The number of amides is 1. The lowest BCUT2D eigenvalue weighted by Crippen LogP contribution is -2.43. The average molecular weight is 392 g/mol. The van der Waals surface area contributed by atoms with E-state index in [4.69, 9.17) is 0 Å². The van der Waals surface area contributed by atoms with Gasteiger partial charge < -0.3 is 5.32 Å². The van der Waals surface area contributed by atoms with Crippen molar-refractivity contribution in [1.29, 1.82) is 0 Å². The zero-order valence-corrected chi connectivity index (χ0v) is 16.2.